The topological polar surface area (TPSA) is 78.7 Å². The first-order valence-electron chi connectivity index (χ1n) is 15.5. The predicted octanol–water partition coefficient (Wildman–Crippen LogP) is 10.3. The van der Waals surface area contributed by atoms with E-state index in [9.17, 15) is 17.2 Å². The predicted molar refractivity (Wildman–Crippen MR) is 205 cm³/mol. The molecule has 0 bridgehead atoms. The van der Waals surface area contributed by atoms with Crippen LogP contribution in [-0.4, -0.2) is 34.6 Å². The summed E-state index contributed by atoms with van der Waals surface area (Å²) in [6, 6.07) is 30.4. The number of sulfonamides is 1. The van der Waals surface area contributed by atoms with Gasteiger partial charge in [0.1, 0.15) is 11.6 Å². The first kappa shape index (κ1) is 38.2. The first-order chi connectivity index (χ1) is 23.6. The van der Waals surface area contributed by atoms with Gasteiger partial charge in [0.15, 0.2) is 0 Å². The van der Waals surface area contributed by atoms with E-state index in [1.165, 1.54) is 21.2 Å². The van der Waals surface area contributed by atoms with Crippen molar-refractivity contribution in [2.24, 2.45) is 5.73 Å². The maximum Gasteiger partial charge on any atom is 0.240 e. The van der Waals surface area contributed by atoms with Crippen molar-refractivity contribution >= 4 is 91.9 Å². The van der Waals surface area contributed by atoms with Crippen molar-refractivity contribution in [1.29, 1.82) is 0 Å². The van der Waals surface area contributed by atoms with Gasteiger partial charge in [-0.1, -0.05) is 71.0 Å². The van der Waals surface area contributed by atoms with Crippen molar-refractivity contribution in [2.75, 3.05) is 36.0 Å². The first-order valence-corrected chi connectivity index (χ1v) is 19.3. The lowest BCUT2D eigenvalue weighted by molar-refractivity contribution is 0.560. The highest BCUT2D eigenvalue weighted by Crippen LogP contribution is 2.50. The van der Waals surface area contributed by atoms with Gasteiger partial charge in [-0.25, -0.2) is 21.9 Å². The van der Waals surface area contributed by atoms with Crippen molar-refractivity contribution in [3.8, 4) is 0 Å². The van der Waals surface area contributed by atoms with Crippen LogP contribution in [0.4, 0.5) is 31.5 Å². The van der Waals surface area contributed by atoms with Gasteiger partial charge in [-0.2, -0.15) is 0 Å². The van der Waals surface area contributed by atoms with Crippen LogP contribution in [0.3, 0.4) is 0 Å². The highest BCUT2D eigenvalue weighted by molar-refractivity contribution is 8.00. The smallest absolute Gasteiger partial charge is 0.240 e. The number of nitrogens with one attached hydrogen (secondary N) is 1. The SMILES string of the molecule is Cl.NCCCN1c2ccccc2Sc2ccc(Cl)cc21.O=S(=O)(NCCCN1c2ccccc2Sc2ccc(Cl)cc21)c1cc(F)cc(F)c1. The zero-order chi connectivity index (χ0) is 34.5. The van der Waals surface area contributed by atoms with Gasteiger partial charge in [0.05, 0.1) is 27.6 Å². The van der Waals surface area contributed by atoms with E-state index in [0.29, 0.717) is 30.6 Å². The zero-order valence-corrected chi connectivity index (χ0v) is 31.3. The van der Waals surface area contributed by atoms with Crippen LogP contribution in [0.25, 0.3) is 0 Å². The highest BCUT2D eigenvalue weighted by atomic mass is 35.5. The monoisotopic (exact) mass is 792 g/mol. The van der Waals surface area contributed by atoms with E-state index in [1.54, 1.807) is 23.5 Å². The van der Waals surface area contributed by atoms with Gasteiger partial charge in [0, 0.05) is 55.3 Å². The molecule has 0 unspecified atom stereocenters. The Morgan fingerprint density at radius 3 is 1.60 bits per heavy atom. The Bertz CT molecular complexity index is 2070. The standard InChI is InChI=1S/C21H17ClF2N2O2S2.C15H15ClN2S.ClH/c22-14-6-7-21-19(10-14)26(18-4-1-2-5-20(18)29-21)9-3-8-25-30(27,28)17-12-15(23)11-16(24)13-17;16-11-6-7-15-13(10-11)18(9-3-8-17)12-4-1-2-5-14(12)19-15;/h1-2,4-7,10-13,25H,3,8-9H2;1-2,4-7,10H,3,8-9,17H2;1H. The fourth-order valence-electron chi connectivity index (χ4n) is 5.55. The molecule has 0 atom stereocenters. The molecule has 7 rings (SSSR count). The van der Waals surface area contributed by atoms with E-state index in [1.807, 2.05) is 54.6 Å². The Morgan fingerprint density at radius 2 is 1.10 bits per heavy atom. The minimum Gasteiger partial charge on any atom is -0.340 e. The Morgan fingerprint density at radius 1 is 0.640 bits per heavy atom. The zero-order valence-electron chi connectivity index (χ0n) is 26.5. The Kier molecular flexibility index (Phi) is 13.0. The summed E-state index contributed by atoms with van der Waals surface area (Å²) in [6.07, 6.45) is 1.44. The van der Waals surface area contributed by atoms with Crippen molar-refractivity contribution in [3.63, 3.8) is 0 Å². The van der Waals surface area contributed by atoms with Gasteiger partial charge in [-0.3, -0.25) is 0 Å². The normalized spacial score (nSPS) is 12.8. The lowest BCUT2D eigenvalue weighted by atomic mass is 10.2. The van der Waals surface area contributed by atoms with Gasteiger partial charge in [0.25, 0.3) is 0 Å². The number of nitrogens with two attached hydrogens (primary N) is 1. The largest absolute Gasteiger partial charge is 0.340 e. The molecule has 0 fully saturated rings. The minimum absolute atomic E-state index is 0. The van der Waals surface area contributed by atoms with Crippen LogP contribution in [0.2, 0.25) is 10.0 Å². The van der Waals surface area contributed by atoms with Crippen LogP contribution >= 0.6 is 59.1 Å². The van der Waals surface area contributed by atoms with Crippen molar-refractivity contribution in [2.45, 2.75) is 37.3 Å². The Hall–Kier alpha value is -3.00. The molecule has 0 spiro atoms. The van der Waals surface area contributed by atoms with Gasteiger partial charge >= 0.3 is 0 Å². The molecule has 0 aromatic heterocycles. The number of benzene rings is 5. The van der Waals surface area contributed by atoms with Crippen molar-refractivity contribution in [1.82, 2.24) is 4.72 Å². The average molecular weight is 794 g/mol. The second kappa shape index (κ2) is 17.0. The molecule has 2 aliphatic heterocycles. The van der Waals surface area contributed by atoms with Gasteiger partial charge < -0.3 is 15.5 Å². The third-order valence-electron chi connectivity index (χ3n) is 7.76. The molecule has 0 saturated carbocycles. The molecular formula is C36H33Cl3F2N4O2S3. The fourth-order valence-corrected chi connectivity index (χ4v) is 9.15. The van der Waals surface area contributed by atoms with Crippen LogP contribution < -0.4 is 20.3 Å². The van der Waals surface area contributed by atoms with E-state index in [4.69, 9.17) is 28.9 Å². The molecule has 2 heterocycles. The third kappa shape index (κ3) is 8.89. The van der Waals surface area contributed by atoms with Gasteiger partial charge in [-0.15, -0.1) is 12.4 Å². The highest BCUT2D eigenvalue weighted by Gasteiger charge is 2.25. The van der Waals surface area contributed by atoms with Crippen LogP contribution in [0.5, 0.6) is 0 Å². The molecule has 5 aromatic carbocycles. The fraction of sp³-hybridized carbons (Fsp3) is 0.167. The maximum atomic E-state index is 13.4. The summed E-state index contributed by atoms with van der Waals surface area (Å²) in [5, 5.41) is 1.39. The molecule has 2 aliphatic rings. The van der Waals surface area contributed by atoms with Crippen molar-refractivity contribution < 1.29 is 17.2 Å². The summed E-state index contributed by atoms with van der Waals surface area (Å²) in [7, 11) is -4.01. The van der Waals surface area contributed by atoms with E-state index < -0.39 is 26.6 Å². The second-order valence-corrected chi connectivity index (χ2v) is 16.0. The lowest BCUT2D eigenvalue weighted by Crippen LogP contribution is -2.29. The quantitative estimate of drug-likeness (QED) is 0.144. The molecule has 0 aliphatic carbocycles. The molecule has 50 heavy (non-hydrogen) atoms. The summed E-state index contributed by atoms with van der Waals surface area (Å²) in [4.78, 5) is 8.69. The van der Waals surface area contributed by atoms with Crippen LogP contribution in [0.1, 0.15) is 12.8 Å². The molecule has 0 amide bonds. The number of para-hydroxylation sites is 2. The van der Waals surface area contributed by atoms with Crippen LogP contribution in [-0.2, 0) is 10.0 Å². The average Bonchev–Trinajstić information content (AvgIpc) is 3.08. The van der Waals surface area contributed by atoms with Crippen LogP contribution in [0.15, 0.2) is 128 Å². The second-order valence-electron chi connectivity index (χ2n) is 11.2. The number of halogens is 5. The van der Waals surface area contributed by atoms with Crippen LogP contribution in [0, 0.1) is 11.6 Å². The summed E-state index contributed by atoms with van der Waals surface area (Å²) >= 11 is 15.8. The van der Waals surface area contributed by atoms with E-state index in [0.717, 1.165) is 51.3 Å². The molecule has 262 valence electrons. The van der Waals surface area contributed by atoms with Gasteiger partial charge in [0.2, 0.25) is 10.0 Å². The molecular weight excluding hydrogens is 761 g/mol. The molecule has 0 radical (unpaired) electrons. The number of anilines is 4. The van der Waals surface area contributed by atoms with E-state index in [2.05, 4.69) is 44.9 Å². The molecule has 14 heteroatoms. The summed E-state index contributed by atoms with van der Waals surface area (Å²) in [5.41, 5.74) is 10.1. The molecule has 0 saturated heterocycles. The van der Waals surface area contributed by atoms with E-state index in [-0.39, 0.29) is 19.0 Å². The number of hydrogen-bond donors (Lipinski definition) is 2. The third-order valence-corrected chi connectivity index (χ3v) is 11.9. The number of nitrogens with zero attached hydrogens (tertiary/aromatic N) is 2. The maximum absolute atomic E-state index is 13.4. The van der Waals surface area contributed by atoms with Gasteiger partial charge in [-0.05, 0) is 92.2 Å². The van der Waals surface area contributed by atoms with E-state index >= 15 is 0 Å². The molecule has 3 N–H and O–H groups in total. The summed E-state index contributed by atoms with van der Waals surface area (Å²) < 4.78 is 53.8. The summed E-state index contributed by atoms with van der Waals surface area (Å²) in [6.45, 7) is 2.26. The molecule has 6 nitrogen and oxygen atoms in total. The Balaban J connectivity index is 0.000000209. The Labute approximate surface area is 315 Å². The number of hydrogen-bond acceptors (Lipinski definition) is 7. The minimum atomic E-state index is -4.01. The summed E-state index contributed by atoms with van der Waals surface area (Å²) in [5.74, 6) is -1.88. The number of fused-ring (bicyclic) bond motifs is 4. The lowest BCUT2D eigenvalue weighted by Gasteiger charge is -2.33. The van der Waals surface area contributed by atoms with Crippen molar-refractivity contribution in [3.05, 3.63) is 125 Å². The number of rotatable bonds is 9. The molecule has 5 aromatic rings.